The van der Waals surface area contributed by atoms with E-state index in [9.17, 15) is 9.59 Å². The van der Waals surface area contributed by atoms with Crippen LogP contribution in [0.1, 0.15) is 59.8 Å². The second kappa shape index (κ2) is 6.46. The summed E-state index contributed by atoms with van der Waals surface area (Å²) < 4.78 is 0. The number of nitrogens with one attached hydrogen (secondary N) is 2. The zero-order chi connectivity index (χ0) is 19.3. The summed E-state index contributed by atoms with van der Waals surface area (Å²) in [4.78, 5) is 45.0. The Morgan fingerprint density at radius 2 is 1.96 bits per heavy atom. The Labute approximate surface area is 163 Å². The van der Waals surface area contributed by atoms with E-state index in [1.54, 1.807) is 12.5 Å². The number of rotatable bonds is 2. The Bertz CT molecular complexity index is 903. The van der Waals surface area contributed by atoms with E-state index < -0.39 is 5.54 Å². The molecule has 0 aromatic carbocycles. The molecule has 8 nitrogen and oxygen atoms in total. The van der Waals surface area contributed by atoms with E-state index >= 15 is 0 Å². The molecule has 2 aromatic rings. The van der Waals surface area contributed by atoms with Crippen molar-refractivity contribution in [1.29, 1.82) is 0 Å². The van der Waals surface area contributed by atoms with Crippen molar-refractivity contribution in [3.05, 3.63) is 35.4 Å². The number of fused-ring (bicyclic) bond motifs is 2. The molecule has 0 radical (unpaired) electrons. The lowest BCUT2D eigenvalue weighted by atomic mass is 9.76. The van der Waals surface area contributed by atoms with Crippen LogP contribution in [0, 0.1) is 12.8 Å². The Balaban J connectivity index is 1.41. The van der Waals surface area contributed by atoms with Gasteiger partial charge in [-0.3, -0.25) is 9.59 Å². The van der Waals surface area contributed by atoms with E-state index in [4.69, 9.17) is 0 Å². The molecule has 2 aliphatic heterocycles. The van der Waals surface area contributed by atoms with Crippen molar-refractivity contribution in [2.45, 2.75) is 51.0 Å². The van der Waals surface area contributed by atoms with Crippen LogP contribution in [0.2, 0.25) is 0 Å². The molecule has 1 spiro atoms. The molecule has 1 saturated carbocycles. The fraction of sp³-hybridized carbons (Fsp3) is 0.600. The zero-order valence-corrected chi connectivity index (χ0v) is 16.2. The third-order valence-electron chi connectivity index (χ3n) is 6.76. The number of piperidine rings is 1. The van der Waals surface area contributed by atoms with E-state index in [0.29, 0.717) is 18.9 Å². The third kappa shape index (κ3) is 2.57. The van der Waals surface area contributed by atoms with E-state index in [0.717, 1.165) is 62.2 Å². The molecule has 8 heteroatoms. The van der Waals surface area contributed by atoms with Crippen LogP contribution in [0.15, 0.2) is 12.5 Å². The first-order chi connectivity index (χ1) is 13.6. The van der Waals surface area contributed by atoms with Crippen LogP contribution in [0.25, 0.3) is 0 Å². The smallest absolute Gasteiger partial charge is 0.289 e. The van der Waals surface area contributed by atoms with Crippen molar-refractivity contribution in [3.8, 4) is 0 Å². The van der Waals surface area contributed by atoms with Crippen LogP contribution in [0.5, 0.6) is 0 Å². The van der Waals surface area contributed by atoms with Gasteiger partial charge in [0.25, 0.3) is 5.91 Å². The van der Waals surface area contributed by atoms with Gasteiger partial charge in [-0.05, 0) is 32.6 Å². The molecule has 148 valence electrons. The quantitative estimate of drug-likeness (QED) is 0.827. The van der Waals surface area contributed by atoms with Gasteiger partial charge >= 0.3 is 0 Å². The van der Waals surface area contributed by atoms with Gasteiger partial charge in [0.2, 0.25) is 5.91 Å². The number of nitrogens with zero attached hydrogens (tertiary/aromatic N) is 4. The van der Waals surface area contributed by atoms with Crippen LogP contribution < -0.4 is 0 Å². The summed E-state index contributed by atoms with van der Waals surface area (Å²) in [5.74, 6) is 0.766. The first kappa shape index (κ1) is 17.5. The molecule has 5 rings (SSSR count). The van der Waals surface area contributed by atoms with Gasteiger partial charge < -0.3 is 19.8 Å². The summed E-state index contributed by atoms with van der Waals surface area (Å²) in [6.07, 6.45) is 8.83. The number of aromatic amines is 2. The molecular weight excluding hydrogens is 356 g/mol. The lowest BCUT2D eigenvalue weighted by molar-refractivity contribution is -0.148. The van der Waals surface area contributed by atoms with Crippen LogP contribution in [-0.2, 0) is 16.8 Å². The SMILES string of the molecule is Cc1cnc(C(=O)N2CCC3(CC2)c2nc[nH]c2CCN3C(=O)C2CCC2)[nH]1. The molecule has 3 aliphatic rings. The zero-order valence-electron chi connectivity index (χ0n) is 16.2. The predicted octanol–water partition coefficient (Wildman–Crippen LogP) is 1.76. The minimum Gasteiger partial charge on any atom is -0.348 e. The molecule has 0 unspecified atom stereocenters. The first-order valence-electron chi connectivity index (χ1n) is 10.2. The Morgan fingerprint density at radius 3 is 2.61 bits per heavy atom. The predicted molar refractivity (Wildman–Crippen MR) is 101 cm³/mol. The van der Waals surface area contributed by atoms with Crippen molar-refractivity contribution < 1.29 is 9.59 Å². The van der Waals surface area contributed by atoms with Gasteiger partial charge in [0, 0.05) is 49.6 Å². The maximum atomic E-state index is 13.2. The third-order valence-corrected chi connectivity index (χ3v) is 6.76. The van der Waals surface area contributed by atoms with Gasteiger partial charge in [-0.2, -0.15) is 0 Å². The number of amides is 2. The molecule has 0 bridgehead atoms. The Morgan fingerprint density at radius 1 is 1.18 bits per heavy atom. The minimum absolute atomic E-state index is 0.0714. The standard InChI is InChI=1S/C20H26N6O2/c1-13-11-21-17(24-13)19(28)25-9-6-20(7-10-25)16-15(22-12-23-16)5-8-26(20)18(27)14-3-2-4-14/h11-12,14H,2-10H2,1H3,(H,21,24)(H,22,23). The minimum atomic E-state index is -0.393. The van der Waals surface area contributed by atoms with Crippen LogP contribution in [0.4, 0.5) is 0 Å². The molecule has 1 saturated heterocycles. The Kier molecular flexibility index (Phi) is 4.03. The summed E-state index contributed by atoms with van der Waals surface area (Å²) in [6.45, 7) is 3.81. The number of hydrogen-bond acceptors (Lipinski definition) is 4. The maximum Gasteiger partial charge on any atom is 0.289 e. The summed E-state index contributed by atoms with van der Waals surface area (Å²) in [6, 6.07) is 0. The number of aryl methyl sites for hydroxylation is 1. The lowest BCUT2D eigenvalue weighted by Crippen LogP contribution is -2.60. The van der Waals surface area contributed by atoms with Gasteiger partial charge in [-0.15, -0.1) is 0 Å². The van der Waals surface area contributed by atoms with Gasteiger partial charge in [-0.25, -0.2) is 9.97 Å². The maximum absolute atomic E-state index is 13.2. The average molecular weight is 382 g/mol. The van der Waals surface area contributed by atoms with Crippen LogP contribution >= 0.6 is 0 Å². The van der Waals surface area contributed by atoms with E-state index in [-0.39, 0.29) is 17.7 Å². The molecule has 2 amide bonds. The van der Waals surface area contributed by atoms with Crippen molar-refractivity contribution in [1.82, 2.24) is 29.7 Å². The number of carbonyl (C=O) groups excluding carboxylic acids is 2. The Hall–Kier alpha value is -2.64. The molecular formula is C20H26N6O2. The highest BCUT2D eigenvalue weighted by molar-refractivity contribution is 5.90. The van der Waals surface area contributed by atoms with Crippen molar-refractivity contribution >= 4 is 11.8 Å². The number of H-pyrrole nitrogens is 2. The largest absolute Gasteiger partial charge is 0.348 e. The van der Waals surface area contributed by atoms with E-state index in [1.807, 2.05) is 11.8 Å². The number of carbonyl (C=O) groups is 2. The van der Waals surface area contributed by atoms with Crippen LogP contribution in [0.3, 0.4) is 0 Å². The number of imidazole rings is 2. The summed E-state index contributed by atoms with van der Waals surface area (Å²) in [5, 5.41) is 0. The summed E-state index contributed by atoms with van der Waals surface area (Å²) in [5.41, 5.74) is 2.63. The van der Waals surface area contributed by atoms with Crippen LogP contribution in [-0.4, -0.2) is 61.2 Å². The average Bonchev–Trinajstić information content (AvgIpc) is 3.30. The van der Waals surface area contributed by atoms with Crippen molar-refractivity contribution in [2.24, 2.45) is 5.92 Å². The van der Waals surface area contributed by atoms with E-state index in [1.165, 1.54) is 0 Å². The highest BCUT2D eigenvalue weighted by atomic mass is 16.2. The molecule has 0 atom stereocenters. The summed E-state index contributed by atoms with van der Waals surface area (Å²) >= 11 is 0. The highest BCUT2D eigenvalue weighted by Crippen LogP contribution is 2.44. The lowest BCUT2D eigenvalue weighted by Gasteiger charge is -2.51. The fourth-order valence-corrected chi connectivity index (χ4v) is 4.93. The van der Waals surface area contributed by atoms with Crippen molar-refractivity contribution in [2.75, 3.05) is 19.6 Å². The highest BCUT2D eigenvalue weighted by Gasteiger charge is 2.50. The summed E-state index contributed by atoms with van der Waals surface area (Å²) in [7, 11) is 0. The molecule has 2 fully saturated rings. The topological polar surface area (TPSA) is 98.0 Å². The fourth-order valence-electron chi connectivity index (χ4n) is 4.93. The molecule has 2 aromatic heterocycles. The first-order valence-corrected chi connectivity index (χ1v) is 10.2. The second-order valence-electron chi connectivity index (χ2n) is 8.34. The van der Waals surface area contributed by atoms with E-state index in [2.05, 4.69) is 24.8 Å². The second-order valence-corrected chi connectivity index (χ2v) is 8.34. The molecule has 28 heavy (non-hydrogen) atoms. The van der Waals surface area contributed by atoms with Gasteiger partial charge in [0.1, 0.15) is 0 Å². The molecule has 4 heterocycles. The number of hydrogen-bond donors (Lipinski definition) is 2. The number of likely N-dealkylation sites (tertiary alicyclic amines) is 1. The monoisotopic (exact) mass is 382 g/mol. The van der Waals surface area contributed by atoms with Gasteiger partial charge in [0.15, 0.2) is 5.82 Å². The number of aromatic nitrogens is 4. The normalized spacial score (nSPS) is 21.5. The van der Waals surface area contributed by atoms with Gasteiger partial charge in [0.05, 0.1) is 17.6 Å². The van der Waals surface area contributed by atoms with Crippen molar-refractivity contribution in [3.63, 3.8) is 0 Å². The molecule has 2 N–H and O–H groups in total. The van der Waals surface area contributed by atoms with Gasteiger partial charge in [-0.1, -0.05) is 6.42 Å². The molecule has 1 aliphatic carbocycles.